The quantitative estimate of drug-likeness (QED) is 0.839. The van der Waals surface area contributed by atoms with Gasteiger partial charge < -0.3 is 5.32 Å². The number of aromatic amines is 1. The minimum absolute atomic E-state index is 0.0191. The molecule has 0 aliphatic carbocycles. The largest absolute Gasteiger partial charge is 0.345 e. The molecule has 2 aromatic heterocycles. The molecule has 2 heterocycles. The molecule has 0 radical (unpaired) electrons. The molecule has 88 valence electrons. The van der Waals surface area contributed by atoms with Gasteiger partial charge >= 0.3 is 0 Å². The van der Waals surface area contributed by atoms with Crippen molar-refractivity contribution in [3.8, 4) is 0 Å². The van der Waals surface area contributed by atoms with Crippen LogP contribution in [0.1, 0.15) is 35.3 Å². The lowest BCUT2D eigenvalue weighted by atomic mass is 10.1. The number of amides is 1. The molecular weight excluding hydrogens is 216 g/mol. The van der Waals surface area contributed by atoms with Crippen LogP contribution in [0.4, 0.5) is 0 Å². The number of hydrogen-bond acceptors (Lipinski definition) is 3. The highest BCUT2D eigenvalue weighted by Crippen LogP contribution is 2.15. The summed E-state index contributed by atoms with van der Waals surface area (Å²) in [6.45, 7) is 2.02. The van der Waals surface area contributed by atoms with Crippen molar-refractivity contribution < 1.29 is 4.79 Å². The van der Waals surface area contributed by atoms with Gasteiger partial charge in [0, 0.05) is 29.7 Å². The second-order valence-corrected chi connectivity index (χ2v) is 3.70. The number of nitrogens with zero attached hydrogens (tertiary/aromatic N) is 2. The topological polar surface area (TPSA) is 70.7 Å². The van der Waals surface area contributed by atoms with Crippen molar-refractivity contribution >= 4 is 5.91 Å². The zero-order valence-electron chi connectivity index (χ0n) is 9.55. The van der Waals surface area contributed by atoms with Crippen LogP contribution in [0.3, 0.4) is 0 Å². The van der Waals surface area contributed by atoms with Gasteiger partial charge in [-0.15, -0.1) is 0 Å². The Hall–Kier alpha value is -2.17. The molecule has 0 saturated carbocycles. The molecule has 0 fully saturated rings. The zero-order chi connectivity index (χ0) is 12.1. The number of nitrogens with one attached hydrogen (secondary N) is 2. The van der Waals surface area contributed by atoms with Gasteiger partial charge in [0.25, 0.3) is 5.91 Å². The molecule has 1 amide bonds. The minimum atomic E-state index is -0.0968. The Kier molecular flexibility index (Phi) is 3.49. The first kappa shape index (κ1) is 11.3. The average Bonchev–Trinajstić information content (AvgIpc) is 2.90. The lowest BCUT2D eigenvalue weighted by Gasteiger charge is -2.15. The fraction of sp³-hybridized carbons (Fsp3) is 0.250. The molecule has 0 unspecified atom stereocenters. The molecule has 0 aliphatic rings. The molecule has 0 bridgehead atoms. The van der Waals surface area contributed by atoms with Crippen LogP contribution >= 0.6 is 0 Å². The van der Waals surface area contributed by atoms with Gasteiger partial charge in [-0.3, -0.25) is 14.9 Å². The summed E-state index contributed by atoms with van der Waals surface area (Å²) in [4.78, 5) is 15.8. The Morgan fingerprint density at radius 3 is 2.82 bits per heavy atom. The number of aromatic nitrogens is 3. The van der Waals surface area contributed by atoms with Crippen LogP contribution < -0.4 is 5.32 Å². The summed E-state index contributed by atoms with van der Waals surface area (Å²) in [5, 5.41) is 9.59. The first-order valence-corrected chi connectivity index (χ1v) is 5.51. The van der Waals surface area contributed by atoms with E-state index < -0.39 is 0 Å². The Morgan fingerprint density at radius 1 is 1.47 bits per heavy atom. The van der Waals surface area contributed by atoms with Gasteiger partial charge in [0.2, 0.25) is 0 Å². The molecule has 17 heavy (non-hydrogen) atoms. The van der Waals surface area contributed by atoms with Gasteiger partial charge in [0.05, 0.1) is 12.2 Å². The lowest BCUT2D eigenvalue weighted by Crippen LogP contribution is -2.27. The molecule has 5 heteroatoms. The van der Waals surface area contributed by atoms with E-state index in [0.717, 1.165) is 12.0 Å². The van der Waals surface area contributed by atoms with Crippen LogP contribution in [-0.4, -0.2) is 21.1 Å². The maximum Gasteiger partial charge on any atom is 0.251 e. The molecule has 0 spiro atoms. The maximum atomic E-state index is 11.9. The van der Waals surface area contributed by atoms with Crippen LogP contribution in [0.5, 0.6) is 0 Å². The van der Waals surface area contributed by atoms with Crippen molar-refractivity contribution in [3.63, 3.8) is 0 Å². The maximum absolute atomic E-state index is 11.9. The fourth-order valence-electron chi connectivity index (χ4n) is 1.62. The van der Waals surface area contributed by atoms with Gasteiger partial charge in [-0.25, -0.2) is 0 Å². The normalized spacial score (nSPS) is 12.1. The summed E-state index contributed by atoms with van der Waals surface area (Å²) >= 11 is 0. The second-order valence-electron chi connectivity index (χ2n) is 3.70. The van der Waals surface area contributed by atoms with Gasteiger partial charge in [-0.1, -0.05) is 6.92 Å². The smallest absolute Gasteiger partial charge is 0.251 e. The molecule has 0 aliphatic heterocycles. The monoisotopic (exact) mass is 230 g/mol. The van der Waals surface area contributed by atoms with E-state index >= 15 is 0 Å². The number of hydrogen-bond donors (Lipinski definition) is 2. The summed E-state index contributed by atoms with van der Waals surface area (Å²) in [5.74, 6) is -0.0968. The zero-order valence-corrected chi connectivity index (χ0v) is 9.55. The van der Waals surface area contributed by atoms with Crippen molar-refractivity contribution in [3.05, 3.63) is 48.0 Å². The van der Waals surface area contributed by atoms with Crippen molar-refractivity contribution in [1.29, 1.82) is 0 Å². The van der Waals surface area contributed by atoms with E-state index in [2.05, 4.69) is 20.5 Å². The molecule has 2 rings (SSSR count). The van der Waals surface area contributed by atoms with Crippen LogP contribution in [0.2, 0.25) is 0 Å². The van der Waals surface area contributed by atoms with Crippen molar-refractivity contribution in [2.24, 2.45) is 0 Å². The van der Waals surface area contributed by atoms with Crippen molar-refractivity contribution in [2.45, 2.75) is 19.4 Å². The van der Waals surface area contributed by atoms with E-state index in [1.54, 1.807) is 36.9 Å². The highest BCUT2D eigenvalue weighted by Gasteiger charge is 2.14. The van der Waals surface area contributed by atoms with Crippen LogP contribution in [0.25, 0.3) is 0 Å². The number of carbonyl (C=O) groups excluding carboxylic acids is 1. The van der Waals surface area contributed by atoms with Crippen molar-refractivity contribution in [1.82, 2.24) is 20.5 Å². The predicted molar refractivity (Wildman–Crippen MR) is 63.3 cm³/mol. The summed E-state index contributed by atoms with van der Waals surface area (Å²) in [7, 11) is 0. The SMILES string of the molecule is CC[C@H](NC(=O)c1ccncc1)c1cn[nH]c1. The van der Waals surface area contributed by atoms with E-state index in [4.69, 9.17) is 0 Å². The third-order valence-corrected chi connectivity index (χ3v) is 2.58. The highest BCUT2D eigenvalue weighted by molar-refractivity contribution is 5.94. The Morgan fingerprint density at radius 2 is 2.24 bits per heavy atom. The van der Waals surface area contributed by atoms with Crippen LogP contribution in [-0.2, 0) is 0 Å². The fourth-order valence-corrected chi connectivity index (χ4v) is 1.62. The van der Waals surface area contributed by atoms with Gasteiger partial charge in [-0.2, -0.15) is 5.10 Å². The van der Waals surface area contributed by atoms with Gasteiger partial charge in [0.15, 0.2) is 0 Å². The summed E-state index contributed by atoms with van der Waals surface area (Å²) in [6, 6.07) is 3.36. The Balaban J connectivity index is 2.08. The lowest BCUT2D eigenvalue weighted by molar-refractivity contribution is 0.0935. The highest BCUT2D eigenvalue weighted by atomic mass is 16.1. The van der Waals surface area contributed by atoms with E-state index in [9.17, 15) is 4.79 Å². The third kappa shape index (κ3) is 2.69. The van der Waals surface area contributed by atoms with Gasteiger partial charge in [0.1, 0.15) is 0 Å². The van der Waals surface area contributed by atoms with E-state index in [1.807, 2.05) is 6.92 Å². The number of H-pyrrole nitrogens is 1. The van der Waals surface area contributed by atoms with Crippen LogP contribution in [0, 0.1) is 0 Å². The van der Waals surface area contributed by atoms with Gasteiger partial charge in [-0.05, 0) is 18.6 Å². The van der Waals surface area contributed by atoms with E-state index in [-0.39, 0.29) is 11.9 Å². The minimum Gasteiger partial charge on any atom is -0.345 e. The molecule has 0 saturated heterocycles. The molecule has 5 nitrogen and oxygen atoms in total. The molecule has 2 N–H and O–H groups in total. The average molecular weight is 230 g/mol. The second kappa shape index (κ2) is 5.25. The first-order chi connectivity index (χ1) is 8.31. The molecule has 2 aromatic rings. The Bertz CT molecular complexity index is 467. The molecule has 1 atom stereocenters. The van der Waals surface area contributed by atoms with E-state index in [1.165, 1.54) is 0 Å². The number of rotatable bonds is 4. The van der Waals surface area contributed by atoms with Crippen molar-refractivity contribution in [2.75, 3.05) is 0 Å². The number of carbonyl (C=O) groups is 1. The first-order valence-electron chi connectivity index (χ1n) is 5.51. The molecular formula is C12H14N4O. The standard InChI is InChI=1S/C12H14N4O/c1-2-11(10-7-14-15-8-10)16-12(17)9-3-5-13-6-4-9/h3-8,11H,2H2,1H3,(H,14,15)(H,16,17)/t11-/m0/s1. The summed E-state index contributed by atoms with van der Waals surface area (Å²) < 4.78 is 0. The Labute approximate surface area is 99.3 Å². The predicted octanol–water partition coefficient (Wildman–Crippen LogP) is 1.69. The van der Waals surface area contributed by atoms with E-state index in [0.29, 0.717) is 5.56 Å². The molecule has 0 aromatic carbocycles. The number of pyridine rings is 1. The van der Waals surface area contributed by atoms with Crippen LogP contribution in [0.15, 0.2) is 36.9 Å². The third-order valence-electron chi connectivity index (χ3n) is 2.58. The summed E-state index contributed by atoms with van der Waals surface area (Å²) in [6.07, 6.45) is 7.54. The summed E-state index contributed by atoms with van der Waals surface area (Å²) in [5.41, 5.74) is 1.59.